The molecule has 0 saturated heterocycles. The van der Waals surface area contributed by atoms with Crippen molar-refractivity contribution in [1.82, 2.24) is 5.32 Å². The minimum atomic E-state index is -0.488. The van der Waals surface area contributed by atoms with Crippen molar-refractivity contribution in [2.24, 2.45) is 5.92 Å². The van der Waals surface area contributed by atoms with Crippen LogP contribution in [0, 0.1) is 16.0 Å². The van der Waals surface area contributed by atoms with Gasteiger partial charge in [-0.05, 0) is 37.3 Å². The molecule has 0 radical (unpaired) electrons. The molecule has 2 rings (SSSR count). The molecule has 1 saturated carbocycles. The van der Waals surface area contributed by atoms with E-state index in [0.717, 1.165) is 25.7 Å². The van der Waals surface area contributed by atoms with Gasteiger partial charge in [-0.1, -0.05) is 6.42 Å². The maximum absolute atomic E-state index is 11.7. The third kappa shape index (κ3) is 4.71. The van der Waals surface area contributed by atoms with Crippen molar-refractivity contribution in [2.75, 3.05) is 11.9 Å². The number of nitro benzene ring substituents is 1. The summed E-state index contributed by atoms with van der Waals surface area (Å²) in [7, 11) is 0. The van der Waals surface area contributed by atoms with Crippen molar-refractivity contribution in [2.45, 2.75) is 31.8 Å². The van der Waals surface area contributed by atoms with Gasteiger partial charge in [0.2, 0.25) is 0 Å². The van der Waals surface area contributed by atoms with E-state index < -0.39 is 4.92 Å². The molecular formula is C14H19N3O4. The fourth-order valence-electron chi connectivity index (χ4n) is 2.53. The number of nitro groups is 1. The molecule has 21 heavy (non-hydrogen) atoms. The summed E-state index contributed by atoms with van der Waals surface area (Å²) in [6.07, 6.45) is 3.29. The number of benzene rings is 1. The van der Waals surface area contributed by atoms with E-state index in [2.05, 4.69) is 10.6 Å². The number of carbonyl (C=O) groups is 1. The number of non-ortho nitro benzene ring substituents is 1. The summed E-state index contributed by atoms with van der Waals surface area (Å²) in [6.45, 7) is 0.524. The van der Waals surface area contributed by atoms with Crippen LogP contribution in [0.4, 0.5) is 16.2 Å². The Labute approximate surface area is 122 Å². The summed E-state index contributed by atoms with van der Waals surface area (Å²) in [4.78, 5) is 21.8. The molecular weight excluding hydrogens is 274 g/mol. The zero-order valence-electron chi connectivity index (χ0n) is 11.6. The average Bonchev–Trinajstić information content (AvgIpc) is 2.46. The third-order valence-electron chi connectivity index (χ3n) is 3.64. The summed E-state index contributed by atoms with van der Waals surface area (Å²) < 4.78 is 0. The van der Waals surface area contributed by atoms with Crippen LogP contribution >= 0.6 is 0 Å². The van der Waals surface area contributed by atoms with Crippen LogP contribution in [-0.4, -0.2) is 28.7 Å². The molecule has 0 bridgehead atoms. The average molecular weight is 293 g/mol. The number of aliphatic hydroxyl groups is 1. The van der Waals surface area contributed by atoms with Gasteiger partial charge in [0.25, 0.3) is 5.69 Å². The van der Waals surface area contributed by atoms with Gasteiger partial charge in [-0.25, -0.2) is 4.79 Å². The van der Waals surface area contributed by atoms with Crippen molar-refractivity contribution in [3.8, 4) is 0 Å². The number of hydrogen-bond donors (Lipinski definition) is 3. The minimum absolute atomic E-state index is 0.0165. The molecule has 1 fully saturated rings. The van der Waals surface area contributed by atoms with Gasteiger partial charge in [0.15, 0.2) is 0 Å². The fourth-order valence-corrected chi connectivity index (χ4v) is 2.53. The minimum Gasteiger partial charge on any atom is -0.393 e. The van der Waals surface area contributed by atoms with Crippen LogP contribution in [0.15, 0.2) is 24.3 Å². The molecule has 2 unspecified atom stereocenters. The molecule has 7 heteroatoms. The first-order valence-electron chi connectivity index (χ1n) is 7.02. The Hall–Kier alpha value is -2.15. The third-order valence-corrected chi connectivity index (χ3v) is 3.64. The fraction of sp³-hybridized carbons (Fsp3) is 0.500. The van der Waals surface area contributed by atoms with E-state index in [4.69, 9.17) is 0 Å². The van der Waals surface area contributed by atoms with Gasteiger partial charge in [-0.15, -0.1) is 0 Å². The zero-order valence-corrected chi connectivity index (χ0v) is 11.6. The van der Waals surface area contributed by atoms with Crippen LogP contribution in [-0.2, 0) is 0 Å². The van der Waals surface area contributed by atoms with Gasteiger partial charge in [0, 0.05) is 24.4 Å². The number of anilines is 1. The summed E-state index contributed by atoms with van der Waals surface area (Å²) in [6, 6.07) is 5.31. The summed E-state index contributed by atoms with van der Waals surface area (Å²) in [5.74, 6) is 0.302. The predicted octanol–water partition coefficient (Wildman–Crippen LogP) is 2.27. The molecule has 0 spiro atoms. The maximum atomic E-state index is 11.7. The largest absolute Gasteiger partial charge is 0.393 e. The van der Waals surface area contributed by atoms with Crippen molar-refractivity contribution in [1.29, 1.82) is 0 Å². The summed E-state index contributed by atoms with van der Waals surface area (Å²) in [5, 5.41) is 25.5. The molecule has 1 aliphatic rings. The Morgan fingerprint density at radius 3 is 2.67 bits per heavy atom. The van der Waals surface area contributed by atoms with Crippen molar-refractivity contribution in [3.63, 3.8) is 0 Å². The van der Waals surface area contributed by atoms with E-state index in [0.29, 0.717) is 18.2 Å². The van der Waals surface area contributed by atoms with Crippen LogP contribution in [0.2, 0.25) is 0 Å². The number of urea groups is 1. The molecule has 114 valence electrons. The number of aliphatic hydroxyl groups excluding tert-OH is 1. The number of nitrogens with one attached hydrogen (secondary N) is 2. The van der Waals surface area contributed by atoms with Crippen LogP contribution < -0.4 is 10.6 Å². The van der Waals surface area contributed by atoms with E-state index >= 15 is 0 Å². The van der Waals surface area contributed by atoms with Gasteiger partial charge in [-0.2, -0.15) is 0 Å². The quantitative estimate of drug-likeness (QED) is 0.585. The molecule has 7 nitrogen and oxygen atoms in total. The second-order valence-corrected chi connectivity index (χ2v) is 5.33. The van der Waals surface area contributed by atoms with E-state index in [1.54, 1.807) is 0 Å². The molecule has 1 aromatic rings. The number of nitrogens with zero attached hydrogens (tertiary/aromatic N) is 1. The van der Waals surface area contributed by atoms with Crippen molar-refractivity contribution >= 4 is 17.4 Å². The standard InChI is InChI=1S/C14H19N3O4/c18-13-3-1-2-10(8-13)9-15-14(19)16-11-4-6-12(7-5-11)17(20)21/h4-7,10,13,18H,1-3,8-9H2,(H2,15,16,19). The first kappa shape index (κ1) is 15.2. The van der Waals surface area contributed by atoms with Gasteiger partial charge in [-0.3, -0.25) is 10.1 Å². The van der Waals surface area contributed by atoms with Crippen LogP contribution in [0.25, 0.3) is 0 Å². The first-order chi connectivity index (χ1) is 10.0. The highest BCUT2D eigenvalue weighted by molar-refractivity contribution is 5.89. The Balaban J connectivity index is 1.77. The molecule has 2 atom stereocenters. The van der Waals surface area contributed by atoms with Crippen molar-refractivity contribution < 1.29 is 14.8 Å². The van der Waals surface area contributed by atoms with E-state index in [1.165, 1.54) is 24.3 Å². The Kier molecular flexibility index (Phi) is 5.10. The molecule has 0 heterocycles. The topological polar surface area (TPSA) is 104 Å². The van der Waals surface area contributed by atoms with Gasteiger partial charge in [0.1, 0.15) is 0 Å². The monoisotopic (exact) mass is 293 g/mol. The highest BCUT2D eigenvalue weighted by Gasteiger charge is 2.20. The lowest BCUT2D eigenvalue weighted by molar-refractivity contribution is -0.384. The van der Waals surface area contributed by atoms with Gasteiger partial charge >= 0.3 is 6.03 Å². The summed E-state index contributed by atoms with van der Waals surface area (Å²) >= 11 is 0. The first-order valence-corrected chi connectivity index (χ1v) is 7.02. The maximum Gasteiger partial charge on any atom is 0.319 e. The van der Waals surface area contributed by atoms with E-state index in [-0.39, 0.29) is 17.8 Å². The number of rotatable bonds is 4. The molecule has 3 N–H and O–H groups in total. The lowest BCUT2D eigenvalue weighted by Crippen LogP contribution is -2.35. The molecule has 2 amide bonds. The van der Waals surface area contributed by atoms with E-state index in [9.17, 15) is 20.0 Å². The molecule has 1 aromatic carbocycles. The highest BCUT2D eigenvalue weighted by Crippen LogP contribution is 2.23. The second-order valence-electron chi connectivity index (χ2n) is 5.33. The second kappa shape index (κ2) is 7.03. The Bertz CT molecular complexity index is 503. The molecule has 0 aliphatic heterocycles. The van der Waals surface area contributed by atoms with Crippen LogP contribution in [0.5, 0.6) is 0 Å². The molecule has 0 aromatic heterocycles. The van der Waals surface area contributed by atoms with Gasteiger partial charge in [0.05, 0.1) is 11.0 Å². The number of amides is 2. The smallest absolute Gasteiger partial charge is 0.319 e. The normalized spacial score (nSPS) is 21.6. The van der Waals surface area contributed by atoms with Crippen LogP contribution in [0.3, 0.4) is 0 Å². The zero-order chi connectivity index (χ0) is 15.2. The highest BCUT2D eigenvalue weighted by atomic mass is 16.6. The van der Waals surface area contributed by atoms with Crippen molar-refractivity contribution in [3.05, 3.63) is 34.4 Å². The Morgan fingerprint density at radius 2 is 2.05 bits per heavy atom. The Morgan fingerprint density at radius 1 is 1.33 bits per heavy atom. The number of carbonyl (C=O) groups excluding carboxylic acids is 1. The predicted molar refractivity (Wildman–Crippen MR) is 78.1 cm³/mol. The lowest BCUT2D eigenvalue weighted by Gasteiger charge is -2.25. The van der Waals surface area contributed by atoms with Crippen LogP contribution in [0.1, 0.15) is 25.7 Å². The summed E-state index contributed by atoms with van der Waals surface area (Å²) in [5.41, 5.74) is 0.485. The van der Waals surface area contributed by atoms with Gasteiger partial charge < -0.3 is 15.7 Å². The van der Waals surface area contributed by atoms with E-state index in [1.807, 2.05) is 0 Å². The molecule has 1 aliphatic carbocycles. The number of hydrogen-bond acceptors (Lipinski definition) is 4. The lowest BCUT2D eigenvalue weighted by atomic mass is 9.87. The SMILES string of the molecule is O=C(NCC1CCCC(O)C1)Nc1ccc([N+](=O)[O-])cc1.